The summed E-state index contributed by atoms with van der Waals surface area (Å²) in [4.78, 5) is 42.9. The van der Waals surface area contributed by atoms with Gasteiger partial charge in [0.2, 0.25) is 0 Å². The van der Waals surface area contributed by atoms with Crippen LogP contribution in [0.3, 0.4) is 0 Å². The topological polar surface area (TPSA) is 141 Å². The molecule has 5 aliphatic heterocycles. The number of hydrogen-bond donors (Lipinski definition) is 0. The van der Waals surface area contributed by atoms with Gasteiger partial charge in [0.1, 0.15) is 23.5 Å². The van der Waals surface area contributed by atoms with Crippen molar-refractivity contribution in [2.75, 3.05) is 77.5 Å². The van der Waals surface area contributed by atoms with Gasteiger partial charge in [-0.25, -0.2) is 19.2 Å². The quantitative estimate of drug-likeness (QED) is 0.315. The minimum absolute atomic E-state index is 0.0622. The molecule has 314 valence electrons. The second-order valence-corrected chi connectivity index (χ2v) is 19.7. The molecule has 0 radical (unpaired) electrons. The maximum Gasteiger partial charge on any atom is 0.410 e. The zero-order chi connectivity index (χ0) is 40.9. The molecule has 2 atom stereocenters. The second-order valence-electron chi connectivity index (χ2n) is 17.8. The first kappa shape index (κ1) is 41.5. The highest BCUT2D eigenvalue weighted by atomic mass is 32.2. The highest BCUT2D eigenvalue weighted by Crippen LogP contribution is 2.46. The van der Waals surface area contributed by atoms with Gasteiger partial charge in [-0.3, -0.25) is 4.79 Å². The number of fused-ring (bicyclic) bond motifs is 2. The SMILES string of the molecule is CCN(C(=O)c1cc(F)ccc1Oc1cncnc1N1CC2(CCN(CC3(OC)CCN(S(=O)(=O)N4C[C@@H]5C[C@H]4CN5C(=O)OC(C)(C)C)CC3)CC2)C1)C(C)C. The molecule has 2 bridgehead atoms. The largest absolute Gasteiger partial charge is 0.451 e. The van der Waals surface area contributed by atoms with E-state index in [1.165, 1.54) is 24.5 Å². The molecule has 15 nitrogen and oxygen atoms in total. The van der Waals surface area contributed by atoms with Crippen molar-refractivity contribution in [2.45, 2.75) is 103 Å². The molecule has 5 aliphatic rings. The van der Waals surface area contributed by atoms with Crippen LogP contribution >= 0.6 is 0 Å². The molecule has 2 amide bonds. The van der Waals surface area contributed by atoms with Gasteiger partial charge in [-0.15, -0.1) is 0 Å². The van der Waals surface area contributed by atoms with E-state index >= 15 is 0 Å². The minimum Gasteiger partial charge on any atom is -0.451 e. The Bertz CT molecular complexity index is 1900. The molecule has 0 saturated carbocycles. The molecule has 57 heavy (non-hydrogen) atoms. The van der Waals surface area contributed by atoms with E-state index in [1.807, 2.05) is 41.5 Å². The number of piperazine rings is 1. The lowest BCUT2D eigenvalue weighted by molar-refractivity contribution is -0.0766. The summed E-state index contributed by atoms with van der Waals surface area (Å²) in [5.74, 6) is 0.489. The zero-order valence-corrected chi connectivity index (χ0v) is 35.3. The van der Waals surface area contributed by atoms with E-state index < -0.39 is 27.2 Å². The average Bonchev–Trinajstić information content (AvgIpc) is 3.78. The van der Waals surface area contributed by atoms with Crippen molar-refractivity contribution in [3.8, 4) is 11.5 Å². The van der Waals surface area contributed by atoms with Gasteiger partial charge in [-0.1, -0.05) is 0 Å². The molecule has 7 rings (SSSR count). The summed E-state index contributed by atoms with van der Waals surface area (Å²) >= 11 is 0. The Morgan fingerprint density at radius 2 is 1.72 bits per heavy atom. The van der Waals surface area contributed by atoms with E-state index in [1.54, 1.807) is 31.7 Å². The van der Waals surface area contributed by atoms with Crippen LogP contribution in [0.25, 0.3) is 0 Å². The smallest absolute Gasteiger partial charge is 0.410 e. The van der Waals surface area contributed by atoms with Crippen LogP contribution in [0.1, 0.15) is 84.0 Å². The Morgan fingerprint density at radius 3 is 2.32 bits per heavy atom. The van der Waals surface area contributed by atoms with E-state index in [9.17, 15) is 22.4 Å². The number of aromatic nitrogens is 2. The Morgan fingerprint density at radius 1 is 1.02 bits per heavy atom. The van der Waals surface area contributed by atoms with Gasteiger partial charge in [-0.2, -0.15) is 17.0 Å². The van der Waals surface area contributed by atoms with Gasteiger partial charge < -0.3 is 33.8 Å². The number of carbonyl (C=O) groups excluding carboxylic acids is 2. The van der Waals surface area contributed by atoms with E-state index in [2.05, 4.69) is 19.8 Å². The number of nitrogens with zero attached hydrogens (tertiary/aromatic N) is 8. The first-order valence-corrected chi connectivity index (χ1v) is 21.7. The van der Waals surface area contributed by atoms with Gasteiger partial charge >= 0.3 is 6.09 Å². The molecule has 6 heterocycles. The summed E-state index contributed by atoms with van der Waals surface area (Å²) in [5.41, 5.74) is -0.758. The Balaban J connectivity index is 0.912. The van der Waals surface area contributed by atoms with Gasteiger partial charge in [0.15, 0.2) is 11.6 Å². The summed E-state index contributed by atoms with van der Waals surface area (Å²) in [6, 6.07) is 3.52. The minimum atomic E-state index is -3.68. The van der Waals surface area contributed by atoms with Gasteiger partial charge in [-0.05, 0) is 105 Å². The number of ether oxygens (including phenoxy) is 3. The predicted octanol–water partition coefficient (Wildman–Crippen LogP) is 4.60. The highest BCUT2D eigenvalue weighted by Gasteiger charge is 2.53. The van der Waals surface area contributed by atoms with Gasteiger partial charge in [0.25, 0.3) is 16.1 Å². The maximum atomic E-state index is 14.4. The lowest BCUT2D eigenvalue weighted by Crippen LogP contribution is -2.62. The Labute approximate surface area is 336 Å². The highest BCUT2D eigenvalue weighted by molar-refractivity contribution is 7.86. The van der Waals surface area contributed by atoms with E-state index in [0.717, 1.165) is 45.6 Å². The molecule has 1 aromatic heterocycles. The third-order valence-electron chi connectivity index (χ3n) is 12.6. The van der Waals surface area contributed by atoms with Crippen LogP contribution in [0.2, 0.25) is 0 Å². The van der Waals surface area contributed by atoms with Crippen molar-refractivity contribution in [1.29, 1.82) is 0 Å². The number of likely N-dealkylation sites (tertiary alicyclic amines) is 2. The number of amides is 2. The van der Waals surface area contributed by atoms with E-state index in [4.69, 9.17) is 14.2 Å². The fourth-order valence-corrected chi connectivity index (χ4v) is 11.2. The molecule has 17 heteroatoms. The van der Waals surface area contributed by atoms with Crippen molar-refractivity contribution in [3.05, 3.63) is 42.1 Å². The van der Waals surface area contributed by atoms with Crippen LogP contribution in [-0.2, 0) is 19.7 Å². The number of piperidine rings is 2. The van der Waals surface area contributed by atoms with Crippen molar-refractivity contribution < 1.29 is 36.6 Å². The Hall–Kier alpha value is -3.64. The van der Waals surface area contributed by atoms with Gasteiger partial charge in [0.05, 0.1) is 23.4 Å². The third-order valence-corrected chi connectivity index (χ3v) is 14.6. The van der Waals surface area contributed by atoms with E-state index in [-0.39, 0.29) is 46.9 Å². The standard InChI is InChI=1S/C40H59FN8O7S/c1-8-47(28(2)3)36(50)32-19-29(41)9-10-33(32)55-34-21-42-27-43-35(34)45-24-39(25-45)11-15-44(16-12-39)26-40(54-7)13-17-46(18-14-40)57(52,53)49-23-30-20-31(49)22-48(30)37(51)56-38(4,5)6/h9-10,19,21,27-28,30-31H,8,11-18,20,22-26H2,1-7H3/t30-,31-/m0/s1. The molecule has 0 aliphatic carbocycles. The number of anilines is 1. The maximum absolute atomic E-state index is 14.4. The molecule has 0 N–H and O–H groups in total. The number of benzene rings is 1. The first-order chi connectivity index (χ1) is 27.0. The van der Waals surface area contributed by atoms with Gasteiger partial charge in [0, 0.05) is 77.0 Å². The lowest BCUT2D eigenvalue weighted by Gasteiger charge is -2.55. The average molecular weight is 815 g/mol. The molecule has 1 spiro atoms. The number of hydrogen-bond acceptors (Lipinski definition) is 11. The lowest BCUT2D eigenvalue weighted by atomic mass is 9.71. The summed E-state index contributed by atoms with van der Waals surface area (Å²) in [5, 5.41) is 0. The number of carbonyl (C=O) groups is 2. The number of rotatable bonds is 11. The number of halogens is 1. The second kappa shape index (κ2) is 15.8. The summed E-state index contributed by atoms with van der Waals surface area (Å²) in [6.07, 6.45) is 6.54. The van der Waals surface area contributed by atoms with Crippen LogP contribution in [-0.4, -0.2) is 156 Å². The summed E-state index contributed by atoms with van der Waals surface area (Å²) < 4.78 is 63.3. The van der Waals surface area contributed by atoms with Crippen molar-refractivity contribution in [3.63, 3.8) is 0 Å². The zero-order valence-electron chi connectivity index (χ0n) is 34.4. The summed E-state index contributed by atoms with van der Waals surface area (Å²) in [7, 11) is -1.94. The molecule has 2 aromatic rings. The number of methoxy groups -OCH3 is 1. The first-order valence-electron chi connectivity index (χ1n) is 20.3. The molecule has 0 unspecified atom stereocenters. The molecule has 1 aromatic carbocycles. The van der Waals surface area contributed by atoms with Crippen molar-refractivity contribution in [2.24, 2.45) is 5.41 Å². The Kier molecular flexibility index (Phi) is 11.5. The molecular weight excluding hydrogens is 756 g/mol. The molecule has 5 fully saturated rings. The van der Waals surface area contributed by atoms with E-state index in [0.29, 0.717) is 63.6 Å². The van der Waals surface area contributed by atoms with Crippen LogP contribution in [0.5, 0.6) is 11.5 Å². The normalized spacial score (nSPS) is 23.9. The third kappa shape index (κ3) is 8.45. The summed E-state index contributed by atoms with van der Waals surface area (Å²) in [6.45, 7) is 17.3. The van der Waals surface area contributed by atoms with Crippen LogP contribution < -0.4 is 9.64 Å². The monoisotopic (exact) mass is 814 g/mol. The van der Waals surface area contributed by atoms with Crippen LogP contribution in [0.15, 0.2) is 30.7 Å². The molecule has 5 saturated heterocycles. The van der Waals surface area contributed by atoms with Crippen LogP contribution in [0, 0.1) is 11.2 Å². The van der Waals surface area contributed by atoms with Crippen molar-refractivity contribution >= 4 is 28.0 Å². The van der Waals surface area contributed by atoms with Crippen molar-refractivity contribution in [1.82, 2.24) is 33.3 Å². The fraction of sp³-hybridized carbons (Fsp3) is 0.700. The van der Waals surface area contributed by atoms with Crippen LogP contribution in [0.4, 0.5) is 15.0 Å². The fourth-order valence-electron chi connectivity index (χ4n) is 9.37. The molecular formula is C40H59FN8O7S. The predicted molar refractivity (Wildman–Crippen MR) is 212 cm³/mol.